The highest BCUT2D eigenvalue weighted by atomic mass is 79.9. The van der Waals surface area contributed by atoms with E-state index in [-0.39, 0.29) is 17.9 Å². The van der Waals surface area contributed by atoms with E-state index >= 15 is 0 Å². The molecule has 106 valence electrons. The zero-order chi connectivity index (χ0) is 14.7. The third kappa shape index (κ3) is 3.81. The lowest BCUT2D eigenvalue weighted by Crippen LogP contribution is -2.23. The minimum absolute atomic E-state index is 0.0752. The first-order valence-electron chi connectivity index (χ1n) is 6.44. The van der Waals surface area contributed by atoms with Crippen molar-refractivity contribution in [1.29, 1.82) is 0 Å². The molecule has 2 atom stereocenters. The number of rotatable bonds is 4. The monoisotopic (exact) mass is 355 g/mol. The molecule has 1 unspecified atom stereocenters. The van der Waals surface area contributed by atoms with Crippen molar-refractivity contribution in [2.75, 3.05) is 0 Å². The molecule has 0 heterocycles. The van der Waals surface area contributed by atoms with Crippen molar-refractivity contribution in [2.24, 2.45) is 0 Å². The lowest BCUT2D eigenvalue weighted by Gasteiger charge is -2.21. The summed E-state index contributed by atoms with van der Waals surface area (Å²) in [7, 11) is 0. The van der Waals surface area contributed by atoms with E-state index in [1.165, 1.54) is 6.07 Å². The highest BCUT2D eigenvalue weighted by Gasteiger charge is 2.14. The summed E-state index contributed by atoms with van der Waals surface area (Å²) in [5, 5.41) is 4.11. The maximum Gasteiger partial charge on any atom is 0.129 e. The van der Waals surface area contributed by atoms with E-state index in [1.54, 1.807) is 6.07 Å². The van der Waals surface area contributed by atoms with Crippen LogP contribution in [0.2, 0.25) is 5.02 Å². The molecule has 0 saturated carbocycles. The molecule has 20 heavy (non-hydrogen) atoms. The summed E-state index contributed by atoms with van der Waals surface area (Å²) in [5.74, 6) is -0.206. The van der Waals surface area contributed by atoms with Gasteiger partial charge in [0.2, 0.25) is 0 Å². The first-order valence-corrected chi connectivity index (χ1v) is 7.61. The summed E-state index contributed by atoms with van der Waals surface area (Å²) < 4.78 is 14.7. The van der Waals surface area contributed by atoms with Crippen LogP contribution >= 0.6 is 27.5 Å². The van der Waals surface area contributed by atoms with Crippen LogP contribution in [0.1, 0.15) is 37.1 Å². The SMILES string of the molecule is CC(N[C@H](C)c1ccc(Cl)cc1)c1ccc(Br)cc1F. The molecule has 0 fully saturated rings. The molecule has 0 saturated heterocycles. The van der Waals surface area contributed by atoms with Crippen LogP contribution in [0.3, 0.4) is 0 Å². The van der Waals surface area contributed by atoms with E-state index in [2.05, 4.69) is 28.2 Å². The van der Waals surface area contributed by atoms with Crippen molar-refractivity contribution >= 4 is 27.5 Å². The Morgan fingerprint density at radius 1 is 1.05 bits per heavy atom. The fourth-order valence-electron chi connectivity index (χ4n) is 2.17. The minimum atomic E-state index is -0.206. The Labute approximate surface area is 132 Å². The fourth-order valence-corrected chi connectivity index (χ4v) is 2.62. The van der Waals surface area contributed by atoms with Crippen molar-refractivity contribution in [3.05, 3.63) is 68.9 Å². The van der Waals surface area contributed by atoms with Crippen molar-refractivity contribution in [1.82, 2.24) is 5.32 Å². The molecule has 4 heteroatoms. The quantitative estimate of drug-likeness (QED) is 0.746. The molecule has 1 N–H and O–H groups in total. The number of nitrogens with one attached hydrogen (secondary N) is 1. The Morgan fingerprint density at radius 3 is 2.30 bits per heavy atom. The third-order valence-electron chi connectivity index (χ3n) is 3.30. The summed E-state index contributed by atoms with van der Waals surface area (Å²) in [6.07, 6.45) is 0. The summed E-state index contributed by atoms with van der Waals surface area (Å²) in [6, 6.07) is 12.9. The highest BCUT2D eigenvalue weighted by Crippen LogP contribution is 2.24. The van der Waals surface area contributed by atoms with Gasteiger partial charge in [-0.05, 0) is 43.7 Å². The second kappa shape index (κ2) is 6.70. The lowest BCUT2D eigenvalue weighted by molar-refractivity contribution is 0.474. The molecule has 0 spiro atoms. The Morgan fingerprint density at radius 2 is 1.70 bits per heavy atom. The zero-order valence-corrected chi connectivity index (χ0v) is 13.7. The molecular formula is C16H16BrClFN. The third-order valence-corrected chi connectivity index (χ3v) is 4.04. The van der Waals surface area contributed by atoms with Crippen molar-refractivity contribution < 1.29 is 4.39 Å². The Kier molecular flexibility index (Phi) is 5.19. The topological polar surface area (TPSA) is 12.0 Å². The zero-order valence-electron chi connectivity index (χ0n) is 11.3. The molecule has 0 bridgehead atoms. The fraction of sp³-hybridized carbons (Fsp3) is 0.250. The van der Waals surface area contributed by atoms with Crippen LogP contribution in [0, 0.1) is 5.82 Å². The Hall–Kier alpha value is -0.900. The predicted octanol–water partition coefficient (Wildman–Crippen LogP) is 5.65. The predicted molar refractivity (Wildman–Crippen MR) is 85.5 cm³/mol. The molecule has 0 aliphatic rings. The molecule has 0 radical (unpaired) electrons. The number of halogens is 3. The maximum atomic E-state index is 13.9. The van der Waals surface area contributed by atoms with Gasteiger partial charge in [0.05, 0.1) is 0 Å². The van der Waals surface area contributed by atoms with Crippen molar-refractivity contribution in [3.8, 4) is 0 Å². The van der Waals surface area contributed by atoms with Gasteiger partial charge in [-0.1, -0.05) is 45.7 Å². The summed E-state index contributed by atoms with van der Waals surface area (Å²) >= 11 is 9.15. The van der Waals surface area contributed by atoms with Gasteiger partial charge in [-0.15, -0.1) is 0 Å². The summed E-state index contributed by atoms with van der Waals surface area (Å²) in [4.78, 5) is 0. The summed E-state index contributed by atoms with van der Waals surface area (Å²) in [5.41, 5.74) is 1.78. The van der Waals surface area contributed by atoms with Gasteiger partial charge in [-0.3, -0.25) is 0 Å². The van der Waals surface area contributed by atoms with E-state index in [4.69, 9.17) is 11.6 Å². The van der Waals surface area contributed by atoms with E-state index in [0.29, 0.717) is 10.6 Å². The number of hydrogen-bond acceptors (Lipinski definition) is 1. The highest BCUT2D eigenvalue weighted by molar-refractivity contribution is 9.10. The van der Waals surface area contributed by atoms with Gasteiger partial charge >= 0.3 is 0 Å². The normalized spacial score (nSPS) is 14.1. The van der Waals surface area contributed by atoms with Crippen LogP contribution in [0.15, 0.2) is 46.9 Å². The van der Waals surface area contributed by atoms with E-state index in [0.717, 1.165) is 10.0 Å². The van der Waals surface area contributed by atoms with Crippen LogP contribution in [-0.4, -0.2) is 0 Å². The first-order chi connectivity index (χ1) is 9.47. The average Bonchev–Trinajstić information content (AvgIpc) is 2.39. The molecule has 1 nitrogen and oxygen atoms in total. The van der Waals surface area contributed by atoms with Gasteiger partial charge in [-0.25, -0.2) is 4.39 Å². The molecule has 0 aliphatic carbocycles. The van der Waals surface area contributed by atoms with Gasteiger partial charge in [0.25, 0.3) is 0 Å². The van der Waals surface area contributed by atoms with Crippen LogP contribution in [0.25, 0.3) is 0 Å². The second-order valence-corrected chi connectivity index (χ2v) is 6.18. The number of benzene rings is 2. The minimum Gasteiger partial charge on any atom is -0.304 e. The van der Waals surface area contributed by atoms with Crippen LogP contribution in [0.5, 0.6) is 0 Å². The molecule has 2 aromatic carbocycles. The molecule has 0 aromatic heterocycles. The van der Waals surface area contributed by atoms with Crippen LogP contribution in [-0.2, 0) is 0 Å². The van der Waals surface area contributed by atoms with Crippen LogP contribution in [0.4, 0.5) is 4.39 Å². The molecule has 2 rings (SSSR count). The summed E-state index contributed by atoms with van der Waals surface area (Å²) in [6.45, 7) is 4.01. The van der Waals surface area contributed by atoms with Crippen LogP contribution < -0.4 is 5.32 Å². The van der Waals surface area contributed by atoms with Gasteiger partial charge in [0.1, 0.15) is 5.82 Å². The van der Waals surface area contributed by atoms with E-state index in [1.807, 2.05) is 37.3 Å². The maximum absolute atomic E-state index is 13.9. The number of hydrogen-bond donors (Lipinski definition) is 1. The van der Waals surface area contributed by atoms with Gasteiger partial charge in [0, 0.05) is 27.1 Å². The average molecular weight is 357 g/mol. The lowest BCUT2D eigenvalue weighted by atomic mass is 10.0. The standard InChI is InChI=1S/C16H16BrClFN/c1-10(12-3-6-14(18)7-4-12)20-11(2)15-8-5-13(17)9-16(15)19/h3-11,20H,1-2H3/t10-,11?/m1/s1. The van der Waals surface area contributed by atoms with Crippen molar-refractivity contribution in [3.63, 3.8) is 0 Å². The van der Waals surface area contributed by atoms with E-state index < -0.39 is 0 Å². The Balaban J connectivity index is 2.10. The van der Waals surface area contributed by atoms with E-state index in [9.17, 15) is 4.39 Å². The van der Waals surface area contributed by atoms with Gasteiger partial charge in [0.15, 0.2) is 0 Å². The first kappa shape index (κ1) is 15.5. The smallest absolute Gasteiger partial charge is 0.129 e. The molecular weight excluding hydrogens is 341 g/mol. The molecule has 0 amide bonds. The molecule has 0 aliphatic heterocycles. The Bertz CT molecular complexity index is 586. The largest absolute Gasteiger partial charge is 0.304 e. The second-order valence-electron chi connectivity index (χ2n) is 4.83. The van der Waals surface area contributed by atoms with Crippen molar-refractivity contribution in [2.45, 2.75) is 25.9 Å². The molecule has 2 aromatic rings. The van der Waals surface area contributed by atoms with Gasteiger partial charge < -0.3 is 5.32 Å². The van der Waals surface area contributed by atoms with Gasteiger partial charge in [-0.2, -0.15) is 0 Å².